The predicted octanol–water partition coefficient (Wildman–Crippen LogP) is 5.31. The van der Waals surface area contributed by atoms with Crippen LogP contribution in [0, 0.1) is 0 Å². The minimum atomic E-state index is -0.952. The standard InChI is InChI=1S/C28H22BrN3O5/c1-2-36-22-13-10-19(11-14-22)28(35)37-25-15-12-21(29)16-20(25)17-30-32-27(34)26(33)31-24-9-5-7-18-6-3-4-8-23(18)24/h3-17H,2H2,1H3,(H,31,33)(H,32,34)/b30-17+. The second-order valence-electron chi connectivity index (χ2n) is 7.71. The number of carbonyl (C=O) groups is 3. The minimum Gasteiger partial charge on any atom is -0.494 e. The Bertz CT molecular complexity index is 1480. The number of nitrogens with one attached hydrogen (secondary N) is 2. The van der Waals surface area contributed by atoms with Gasteiger partial charge in [0.1, 0.15) is 11.5 Å². The first-order valence-corrected chi connectivity index (χ1v) is 12.1. The average molecular weight is 560 g/mol. The number of nitrogens with zero attached hydrogens (tertiary/aromatic N) is 1. The van der Waals surface area contributed by atoms with Gasteiger partial charge in [0.25, 0.3) is 0 Å². The van der Waals surface area contributed by atoms with Gasteiger partial charge >= 0.3 is 17.8 Å². The van der Waals surface area contributed by atoms with Gasteiger partial charge in [0.05, 0.1) is 18.4 Å². The number of rotatable bonds is 7. The van der Waals surface area contributed by atoms with E-state index in [9.17, 15) is 14.4 Å². The molecule has 0 unspecified atom stereocenters. The molecule has 0 bridgehead atoms. The highest BCUT2D eigenvalue weighted by Crippen LogP contribution is 2.24. The highest BCUT2D eigenvalue weighted by Gasteiger charge is 2.15. The van der Waals surface area contributed by atoms with Crippen molar-refractivity contribution in [2.45, 2.75) is 6.92 Å². The summed E-state index contributed by atoms with van der Waals surface area (Å²) in [5.74, 6) is -1.52. The molecule has 0 spiro atoms. The fourth-order valence-electron chi connectivity index (χ4n) is 3.45. The Labute approximate surface area is 221 Å². The Morgan fingerprint density at radius 3 is 2.46 bits per heavy atom. The third kappa shape index (κ3) is 6.59. The Morgan fingerprint density at radius 2 is 1.68 bits per heavy atom. The monoisotopic (exact) mass is 559 g/mol. The number of carbonyl (C=O) groups excluding carboxylic acids is 3. The van der Waals surface area contributed by atoms with Crippen molar-refractivity contribution >= 4 is 56.4 Å². The molecule has 0 saturated carbocycles. The van der Waals surface area contributed by atoms with Crippen molar-refractivity contribution < 1.29 is 23.9 Å². The second kappa shape index (κ2) is 12.0. The zero-order valence-electron chi connectivity index (χ0n) is 19.7. The van der Waals surface area contributed by atoms with Gasteiger partial charge in [-0.15, -0.1) is 0 Å². The van der Waals surface area contributed by atoms with E-state index in [0.29, 0.717) is 33.6 Å². The normalized spacial score (nSPS) is 10.8. The molecule has 0 aliphatic rings. The molecular formula is C28H22BrN3O5. The van der Waals surface area contributed by atoms with Crippen LogP contribution in [0.2, 0.25) is 0 Å². The summed E-state index contributed by atoms with van der Waals surface area (Å²) < 4.78 is 11.6. The van der Waals surface area contributed by atoms with Crippen molar-refractivity contribution in [1.29, 1.82) is 0 Å². The number of hydrazone groups is 1. The first-order chi connectivity index (χ1) is 17.9. The van der Waals surface area contributed by atoms with Crippen molar-refractivity contribution in [2.75, 3.05) is 11.9 Å². The van der Waals surface area contributed by atoms with Crippen LogP contribution < -0.4 is 20.2 Å². The van der Waals surface area contributed by atoms with E-state index in [4.69, 9.17) is 9.47 Å². The number of fused-ring (bicyclic) bond motifs is 1. The fourth-order valence-corrected chi connectivity index (χ4v) is 3.83. The molecule has 0 fully saturated rings. The summed E-state index contributed by atoms with van der Waals surface area (Å²) >= 11 is 3.36. The number of ether oxygens (including phenoxy) is 2. The van der Waals surface area contributed by atoms with Gasteiger partial charge in [0.15, 0.2) is 0 Å². The smallest absolute Gasteiger partial charge is 0.343 e. The molecule has 37 heavy (non-hydrogen) atoms. The lowest BCUT2D eigenvalue weighted by Gasteiger charge is -2.09. The van der Waals surface area contributed by atoms with Gasteiger partial charge in [0, 0.05) is 21.1 Å². The second-order valence-corrected chi connectivity index (χ2v) is 8.62. The molecule has 0 heterocycles. The quantitative estimate of drug-likeness (QED) is 0.105. The highest BCUT2D eigenvalue weighted by atomic mass is 79.9. The van der Waals surface area contributed by atoms with Crippen molar-refractivity contribution in [3.63, 3.8) is 0 Å². The van der Waals surface area contributed by atoms with E-state index in [-0.39, 0.29) is 5.75 Å². The van der Waals surface area contributed by atoms with Crippen LogP contribution in [0.25, 0.3) is 10.8 Å². The number of amides is 2. The molecule has 4 aromatic carbocycles. The summed E-state index contributed by atoms with van der Waals surface area (Å²) in [5, 5.41) is 8.21. The van der Waals surface area contributed by atoms with Crippen LogP contribution in [0.4, 0.5) is 5.69 Å². The summed E-state index contributed by atoms with van der Waals surface area (Å²) in [6.45, 7) is 2.39. The van der Waals surface area contributed by atoms with Gasteiger partial charge in [0.2, 0.25) is 0 Å². The summed E-state index contributed by atoms with van der Waals surface area (Å²) in [6.07, 6.45) is 1.29. The summed E-state index contributed by atoms with van der Waals surface area (Å²) in [4.78, 5) is 37.3. The number of anilines is 1. The van der Waals surface area contributed by atoms with Gasteiger partial charge < -0.3 is 14.8 Å². The molecule has 186 valence electrons. The molecule has 0 radical (unpaired) electrons. The molecule has 4 rings (SSSR count). The van der Waals surface area contributed by atoms with E-state index < -0.39 is 17.8 Å². The number of benzene rings is 4. The van der Waals surface area contributed by atoms with Gasteiger partial charge in [-0.3, -0.25) is 9.59 Å². The van der Waals surface area contributed by atoms with E-state index >= 15 is 0 Å². The fraction of sp³-hybridized carbons (Fsp3) is 0.0714. The highest BCUT2D eigenvalue weighted by molar-refractivity contribution is 9.10. The van der Waals surface area contributed by atoms with Gasteiger partial charge in [-0.2, -0.15) is 5.10 Å². The van der Waals surface area contributed by atoms with E-state index in [2.05, 4.69) is 31.8 Å². The molecular weight excluding hydrogens is 538 g/mol. The Balaban J connectivity index is 1.41. The van der Waals surface area contributed by atoms with Crippen molar-refractivity contribution in [2.24, 2.45) is 5.10 Å². The van der Waals surface area contributed by atoms with Crippen LogP contribution in [0.3, 0.4) is 0 Å². The third-order valence-electron chi connectivity index (χ3n) is 5.19. The lowest BCUT2D eigenvalue weighted by molar-refractivity contribution is -0.136. The molecule has 0 aliphatic heterocycles. The van der Waals surface area contributed by atoms with Gasteiger partial charge in [-0.1, -0.05) is 52.3 Å². The van der Waals surface area contributed by atoms with Crippen molar-refractivity contribution in [3.8, 4) is 11.5 Å². The summed E-state index contributed by atoms with van der Waals surface area (Å²) in [5.41, 5.74) is 3.46. The lowest BCUT2D eigenvalue weighted by Crippen LogP contribution is -2.32. The molecule has 4 aromatic rings. The number of halogens is 1. The summed E-state index contributed by atoms with van der Waals surface area (Å²) in [7, 11) is 0. The maximum absolute atomic E-state index is 12.6. The molecule has 9 heteroatoms. The summed E-state index contributed by atoms with van der Waals surface area (Å²) in [6, 6.07) is 24.4. The maximum atomic E-state index is 12.6. The van der Waals surface area contributed by atoms with E-state index in [1.807, 2.05) is 37.3 Å². The number of hydrogen-bond acceptors (Lipinski definition) is 6. The number of esters is 1. The molecule has 0 atom stereocenters. The molecule has 0 saturated heterocycles. The largest absolute Gasteiger partial charge is 0.494 e. The first-order valence-electron chi connectivity index (χ1n) is 11.3. The van der Waals surface area contributed by atoms with Crippen LogP contribution in [-0.2, 0) is 9.59 Å². The molecule has 0 aromatic heterocycles. The third-order valence-corrected chi connectivity index (χ3v) is 5.68. The molecule has 2 amide bonds. The van der Waals surface area contributed by atoms with Gasteiger partial charge in [-0.05, 0) is 60.8 Å². The SMILES string of the molecule is CCOc1ccc(C(=O)Oc2ccc(Br)cc2/C=N/NC(=O)C(=O)Nc2cccc3ccccc23)cc1. The van der Waals surface area contributed by atoms with Crippen LogP contribution >= 0.6 is 15.9 Å². The molecule has 8 nitrogen and oxygen atoms in total. The van der Waals surface area contributed by atoms with Crippen LogP contribution in [0.15, 0.2) is 94.5 Å². The van der Waals surface area contributed by atoms with Crippen molar-refractivity contribution in [3.05, 3.63) is 101 Å². The Hall–Kier alpha value is -4.50. The first kappa shape index (κ1) is 25.6. The lowest BCUT2D eigenvalue weighted by atomic mass is 10.1. The Morgan fingerprint density at radius 1 is 0.919 bits per heavy atom. The predicted molar refractivity (Wildman–Crippen MR) is 145 cm³/mol. The van der Waals surface area contributed by atoms with Crippen molar-refractivity contribution in [1.82, 2.24) is 5.43 Å². The zero-order chi connectivity index (χ0) is 26.2. The van der Waals surface area contributed by atoms with E-state index in [1.54, 1.807) is 54.6 Å². The average Bonchev–Trinajstić information content (AvgIpc) is 2.91. The number of hydrogen-bond donors (Lipinski definition) is 2. The van der Waals surface area contributed by atoms with Crippen LogP contribution in [0.5, 0.6) is 11.5 Å². The van der Waals surface area contributed by atoms with E-state index in [1.165, 1.54) is 6.21 Å². The minimum absolute atomic E-state index is 0.222. The molecule has 0 aliphatic carbocycles. The zero-order valence-corrected chi connectivity index (χ0v) is 21.3. The van der Waals surface area contributed by atoms with Crippen LogP contribution in [-0.4, -0.2) is 30.6 Å². The van der Waals surface area contributed by atoms with Gasteiger partial charge in [-0.25, -0.2) is 10.2 Å². The molecule has 2 N–H and O–H groups in total. The Kier molecular flexibility index (Phi) is 8.27. The maximum Gasteiger partial charge on any atom is 0.343 e. The topological polar surface area (TPSA) is 106 Å². The van der Waals surface area contributed by atoms with Crippen LogP contribution in [0.1, 0.15) is 22.8 Å². The van der Waals surface area contributed by atoms with E-state index in [0.717, 1.165) is 10.8 Å².